The highest BCUT2D eigenvalue weighted by Gasteiger charge is 2.07. The average Bonchev–Trinajstić information content (AvgIpc) is 2.60. The van der Waals surface area contributed by atoms with Gasteiger partial charge in [0, 0.05) is 41.0 Å². The van der Waals surface area contributed by atoms with Gasteiger partial charge in [-0.1, -0.05) is 17.3 Å². The molecule has 3 heterocycles. The molecule has 1 aromatic carbocycles. The van der Waals surface area contributed by atoms with Crippen molar-refractivity contribution in [1.29, 1.82) is 0 Å². The van der Waals surface area contributed by atoms with E-state index < -0.39 is 0 Å². The molecule has 0 aliphatic heterocycles. The fraction of sp³-hybridized carbons (Fsp3) is 0. The summed E-state index contributed by atoms with van der Waals surface area (Å²) in [6, 6.07) is 12.9. The molecule has 5 nitrogen and oxygen atoms in total. The van der Waals surface area contributed by atoms with E-state index in [1.165, 1.54) is 0 Å². The predicted octanol–water partition coefficient (Wildman–Crippen LogP) is 3.33. The number of benzene rings is 1. The summed E-state index contributed by atoms with van der Waals surface area (Å²) in [5.74, 6) is 0.588. The van der Waals surface area contributed by atoms with Gasteiger partial charge >= 0.3 is 0 Å². The molecule has 0 radical (unpaired) electrons. The van der Waals surface area contributed by atoms with Crippen molar-refractivity contribution in [2.75, 3.05) is 0 Å². The van der Waals surface area contributed by atoms with Crippen LogP contribution in [-0.4, -0.2) is 15.2 Å². The highest BCUT2D eigenvalue weighted by molar-refractivity contribution is 5.83. The minimum absolute atomic E-state index is 0.461. The Hall–Kier alpha value is -3.21. The predicted molar refractivity (Wildman–Crippen MR) is 82.1 cm³/mol. The summed E-state index contributed by atoms with van der Waals surface area (Å²) in [6.07, 6.45) is 5.19. The second kappa shape index (κ2) is 4.96. The first kappa shape index (κ1) is 12.5. The third-order valence-corrected chi connectivity index (χ3v) is 3.52. The van der Waals surface area contributed by atoms with Gasteiger partial charge in [-0.3, -0.25) is 9.97 Å². The van der Waals surface area contributed by atoms with Crippen LogP contribution in [0.15, 0.2) is 70.6 Å². The van der Waals surface area contributed by atoms with Crippen molar-refractivity contribution in [3.8, 4) is 11.3 Å². The second-order valence-corrected chi connectivity index (χ2v) is 4.88. The second-order valence-electron chi connectivity index (χ2n) is 4.88. The molecule has 3 aromatic heterocycles. The van der Waals surface area contributed by atoms with Crippen molar-refractivity contribution in [3.63, 3.8) is 0 Å². The first-order valence-electron chi connectivity index (χ1n) is 6.76. The van der Waals surface area contributed by atoms with Crippen LogP contribution in [0.1, 0.15) is 0 Å². The Morgan fingerprint density at radius 2 is 1.95 bits per heavy atom. The molecule has 0 saturated carbocycles. The first-order chi connectivity index (χ1) is 10.8. The summed E-state index contributed by atoms with van der Waals surface area (Å²) in [5, 5.41) is 14.7. The molecule has 0 unspecified atom stereocenters. The molecule has 22 heavy (non-hydrogen) atoms. The van der Waals surface area contributed by atoms with Crippen LogP contribution < -0.4 is 5.36 Å². The van der Waals surface area contributed by atoms with Crippen molar-refractivity contribution in [2.24, 2.45) is 5.16 Å². The maximum Gasteiger partial charge on any atom is 0.138 e. The van der Waals surface area contributed by atoms with E-state index >= 15 is 0 Å². The fourth-order valence-electron chi connectivity index (χ4n) is 2.45. The number of fused-ring (bicyclic) bond motifs is 2. The van der Waals surface area contributed by atoms with E-state index in [4.69, 9.17) is 4.42 Å². The van der Waals surface area contributed by atoms with Crippen molar-refractivity contribution >= 4 is 21.9 Å². The largest absolute Gasteiger partial charge is 0.456 e. The van der Waals surface area contributed by atoms with E-state index in [1.54, 1.807) is 24.7 Å². The van der Waals surface area contributed by atoms with E-state index in [-0.39, 0.29) is 0 Å². The van der Waals surface area contributed by atoms with Gasteiger partial charge in [-0.2, -0.15) is 0 Å². The molecular weight excluding hydrogens is 278 g/mol. The van der Waals surface area contributed by atoms with Crippen LogP contribution in [0.5, 0.6) is 0 Å². The molecule has 0 amide bonds. The molecule has 4 rings (SSSR count). The quantitative estimate of drug-likeness (QED) is 0.431. The number of rotatable bonds is 1. The van der Waals surface area contributed by atoms with Gasteiger partial charge in [0.25, 0.3) is 0 Å². The number of aromatic nitrogens is 2. The maximum atomic E-state index is 9.24. The topological polar surface area (TPSA) is 71.5 Å². The molecule has 0 saturated heterocycles. The molecule has 1 N–H and O–H groups in total. The summed E-state index contributed by atoms with van der Waals surface area (Å²) in [4.78, 5) is 8.50. The van der Waals surface area contributed by atoms with Gasteiger partial charge in [0.15, 0.2) is 0 Å². The molecule has 0 spiro atoms. The molecule has 0 aliphatic rings. The molecular formula is C17H11N3O2. The van der Waals surface area contributed by atoms with Crippen LogP contribution >= 0.6 is 0 Å². The number of para-hydroxylation sites is 1. The highest BCUT2D eigenvalue weighted by atomic mass is 16.4. The summed E-state index contributed by atoms with van der Waals surface area (Å²) in [5.41, 5.74) is 2.32. The van der Waals surface area contributed by atoms with E-state index in [9.17, 15) is 5.21 Å². The Bertz CT molecular complexity index is 1050. The van der Waals surface area contributed by atoms with Crippen LogP contribution in [0.4, 0.5) is 0 Å². The smallest absolute Gasteiger partial charge is 0.138 e. The van der Waals surface area contributed by atoms with Gasteiger partial charge < -0.3 is 9.62 Å². The Kier molecular flexibility index (Phi) is 2.83. The summed E-state index contributed by atoms with van der Waals surface area (Å²) < 4.78 is 5.91. The lowest BCUT2D eigenvalue weighted by Crippen LogP contribution is -2.03. The van der Waals surface area contributed by atoms with Crippen LogP contribution in [0.2, 0.25) is 0 Å². The number of hydrogen-bond acceptors (Lipinski definition) is 5. The van der Waals surface area contributed by atoms with Crippen LogP contribution in [0.25, 0.3) is 33.2 Å². The zero-order chi connectivity index (χ0) is 14.9. The SMILES string of the molecule is O/N=c1/cc(-c2cnc3ccncc3c2)oc2ccccc12. The molecule has 5 heteroatoms. The van der Waals surface area contributed by atoms with E-state index in [0.717, 1.165) is 21.9 Å². The van der Waals surface area contributed by atoms with Crippen molar-refractivity contribution in [1.82, 2.24) is 9.97 Å². The Balaban J connectivity index is 1.99. The normalized spacial score (nSPS) is 12.1. The first-order valence-corrected chi connectivity index (χ1v) is 6.76. The lowest BCUT2D eigenvalue weighted by atomic mass is 10.1. The lowest BCUT2D eigenvalue weighted by Gasteiger charge is -2.05. The molecule has 0 atom stereocenters. The minimum Gasteiger partial charge on any atom is -0.456 e. The fourth-order valence-corrected chi connectivity index (χ4v) is 2.45. The number of pyridine rings is 2. The van der Waals surface area contributed by atoms with Gasteiger partial charge in [-0.05, 0) is 24.3 Å². The third-order valence-electron chi connectivity index (χ3n) is 3.52. The molecule has 0 bridgehead atoms. The molecule has 0 fully saturated rings. The standard InChI is InChI=1S/C17H11N3O2/c21-20-15-8-17(22-16-4-2-1-3-13(15)16)12-7-11-9-18-6-5-14(11)19-10-12/h1-10,21H/b20-15-. The Labute approximate surface area is 125 Å². The summed E-state index contributed by atoms with van der Waals surface area (Å²) in [7, 11) is 0. The van der Waals surface area contributed by atoms with E-state index in [2.05, 4.69) is 15.1 Å². The summed E-state index contributed by atoms with van der Waals surface area (Å²) in [6.45, 7) is 0. The Morgan fingerprint density at radius 1 is 1.05 bits per heavy atom. The number of nitrogens with zero attached hydrogens (tertiary/aromatic N) is 3. The zero-order valence-electron chi connectivity index (χ0n) is 11.5. The molecule has 4 aromatic rings. The van der Waals surface area contributed by atoms with Crippen LogP contribution in [0.3, 0.4) is 0 Å². The lowest BCUT2D eigenvalue weighted by molar-refractivity contribution is 0.302. The Morgan fingerprint density at radius 3 is 2.86 bits per heavy atom. The van der Waals surface area contributed by atoms with Crippen LogP contribution in [-0.2, 0) is 0 Å². The van der Waals surface area contributed by atoms with Gasteiger partial charge in [0.2, 0.25) is 0 Å². The summed E-state index contributed by atoms with van der Waals surface area (Å²) >= 11 is 0. The maximum absolute atomic E-state index is 9.24. The monoisotopic (exact) mass is 289 g/mol. The van der Waals surface area contributed by atoms with Crippen LogP contribution in [0, 0.1) is 0 Å². The zero-order valence-corrected chi connectivity index (χ0v) is 11.5. The number of hydrogen-bond donors (Lipinski definition) is 1. The molecule has 0 aliphatic carbocycles. The average molecular weight is 289 g/mol. The van der Waals surface area contributed by atoms with Crippen molar-refractivity contribution in [2.45, 2.75) is 0 Å². The molecule has 106 valence electrons. The van der Waals surface area contributed by atoms with E-state index in [0.29, 0.717) is 16.7 Å². The van der Waals surface area contributed by atoms with Gasteiger partial charge in [0.05, 0.1) is 5.52 Å². The minimum atomic E-state index is 0.461. The van der Waals surface area contributed by atoms with Crippen molar-refractivity contribution in [3.05, 3.63) is 66.4 Å². The van der Waals surface area contributed by atoms with Gasteiger partial charge in [0.1, 0.15) is 16.7 Å². The third kappa shape index (κ3) is 2.00. The van der Waals surface area contributed by atoms with Gasteiger partial charge in [-0.15, -0.1) is 0 Å². The van der Waals surface area contributed by atoms with Gasteiger partial charge in [-0.25, -0.2) is 0 Å². The highest BCUT2D eigenvalue weighted by Crippen LogP contribution is 2.24. The van der Waals surface area contributed by atoms with Crippen molar-refractivity contribution < 1.29 is 9.62 Å². The van der Waals surface area contributed by atoms with E-state index in [1.807, 2.05) is 36.4 Å².